The number of aliphatic hydroxyl groups excluding tert-OH is 1. The van der Waals surface area contributed by atoms with Crippen molar-refractivity contribution in [3.05, 3.63) is 0 Å². The first-order chi connectivity index (χ1) is 5.49. The van der Waals surface area contributed by atoms with Gasteiger partial charge in [-0.1, -0.05) is 0 Å². The van der Waals surface area contributed by atoms with Crippen LogP contribution in [0.4, 0.5) is 0 Å². The zero-order chi connectivity index (χ0) is 9.72. The summed E-state index contributed by atoms with van der Waals surface area (Å²) in [4.78, 5) is 14.4. The van der Waals surface area contributed by atoms with Crippen molar-refractivity contribution in [3.8, 4) is 0 Å². The van der Waals surface area contributed by atoms with Crippen molar-refractivity contribution in [1.29, 1.82) is 0 Å². The third-order valence-corrected chi connectivity index (χ3v) is 1.83. The minimum atomic E-state index is -0.0995. The Balaban J connectivity index is 4.05. The Labute approximate surface area is 73.8 Å². The van der Waals surface area contributed by atoms with Crippen LogP contribution in [0.1, 0.15) is 6.92 Å². The number of carbonyl (C=O) groups is 1. The van der Waals surface area contributed by atoms with E-state index in [9.17, 15) is 4.79 Å². The second-order valence-corrected chi connectivity index (χ2v) is 3.23. The molecule has 0 spiro atoms. The number of hydrogen-bond acceptors (Lipinski definition) is 3. The van der Waals surface area contributed by atoms with E-state index in [0.717, 1.165) is 0 Å². The Morgan fingerprint density at radius 3 is 2.17 bits per heavy atom. The zero-order valence-corrected chi connectivity index (χ0v) is 8.24. The molecule has 0 aliphatic carbocycles. The molecule has 0 saturated carbocycles. The van der Waals surface area contributed by atoms with E-state index >= 15 is 0 Å². The van der Waals surface area contributed by atoms with E-state index < -0.39 is 0 Å². The lowest BCUT2D eigenvalue weighted by Gasteiger charge is -2.27. The standard InChI is InChI=1S/C8H18N2O2/c1-7(12)10(4)8(6-11)5-9(2)3/h8,11H,5-6H2,1-4H3. The van der Waals surface area contributed by atoms with Crippen molar-refractivity contribution in [2.45, 2.75) is 13.0 Å². The van der Waals surface area contributed by atoms with Gasteiger partial charge in [-0.2, -0.15) is 0 Å². The van der Waals surface area contributed by atoms with Crippen LogP contribution < -0.4 is 0 Å². The summed E-state index contributed by atoms with van der Waals surface area (Å²) in [5, 5.41) is 8.97. The summed E-state index contributed by atoms with van der Waals surface area (Å²) >= 11 is 0. The second-order valence-electron chi connectivity index (χ2n) is 3.23. The summed E-state index contributed by atoms with van der Waals surface area (Å²) in [6.07, 6.45) is 0. The summed E-state index contributed by atoms with van der Waals surface area (Å²) in [6, 6.07) is -0.0995. The third-order valence-electron chi connectivity index (χ3n) is 1.83. The normalized spacial score (nSPS) is 13.2. The molecule has 0 aromatic rings. The van der Waals surface area contributed by atoms with E-state index in [-0.39, 0.29) is 18.6 Å². The highest BCUT2D eigenvalue weighted by atomic mass is 16.3. The van der Waals surface area contributed by atoms with Gasteiger partial charge in [0.1, 0.15) is 0 Å². The zero-order valence-electron chi connectivity index (χ0n) is 8.24. The highest BCUT2D eigenvalue weighted by molar-refractivity contribution is 5.73. The van der Waals surface area contributed by atoms with Crippen molar-refractivity contribution in [2.24, 2.45) is 0 Å². The molecule has 4 heteroatoms. The van der Waals surface area contributed by atoms with E-state index in [1.807, 2.05) is 19.0 Å². The van der Waals surface area contributed by atoms with E-state index in [2.05, 4.69) is 0 Å². The quantitative estimate of drug-likeness (QED) is 0.618. The predicted molar refractivity (Wildman–Crippen MR) is 47.9 cm³/mol. The molecule has 1 amide bonds. The number of hydrogen-bond donors (Lipinski definition) is 1. The fraction of sp³-hybridized carbons (Fsp3) is 0.875. The number of nitrogens with zero attached hydrogens (tertiary/aromatic N) is 2. The van der Waals surface area contributed by atoms with Gasteiger partial charge in [0, 0.05) is 20.5 Å². The van der Waals surface area contributed by atoms with Gasteiger partial charge in [-0.3, -0.25) is 4.79 Å². The van der Waals surface area contributed by atoms with E-state index in [1.165, 1.54) is 6.92 Å². The lowest BCUT2D eigenvalue weighted by Crippen LogP contribution is -2.44. The number of amides is 1. The lowest BCUT2D eigenvalue weighted by molar-refractivity contribution is -0.130. The highest BCUT2D eigenvalue weighted by Crippen LogP contribution is 1.97. The van der Waals surface area contributed by atoms with E-state index in [4.69, 9.17) is 5.11 Å². The van der Waals surface area contributed by atoms with Gasteiger partial charge >= 0.3 is 0 Å². The fourth-order valence-electron chi connectivity index (χ4n) is 0.981. The predicted octanol–water partition coefficient (Wildman–Crippen LogP) is -0.613. The van der Waals surface area contributed by atoms with Gasteiger partial charge in [-0.25, -0.2) is 0 Å². The Hall–Kier alpha value is -0.610. The number of likely N-dealkylation sites (N-methyl/N-ethyl adjacent to an activating group) is 2. The molecule has 12 heavy (non-hydrogen) atoms. The topological polar surface area (TPSA) is 43.8 Å². The van der Waals surface area contributed by atoms with Gasteiger partial charge < -0.3 is 14.9 Å². The van der Waals surface area contributed by atoms with Gasteiger partial charge in [0.2, 0.25) is 5.91 Å². The van der Waals surface area contributed by atoms with Crippen LogP contribution in [-0.4, -0.2) is 61.2 Å². The summed E-state index contributed by atoms with van der Waals surface area (Å²) in [7, 11) is 5.53. The number of aliphatic hydroxyl groups is 1. The summed E-state index contributed by atoms with van der Waals surface area (Å²) < 4.78 is 0. The molecule has 1 N–H and O–H groups in total. The van der Waals surface area contributed by atoms with Gasteiger partial charge in [0.15, 0.2) is 0 Å². The van der Waals surface area contributed by atoms with Crippen LogP contribution in [0.25, 0.3) is 0 Å². The Morgan fingerprint density at radius 2 is 1.92 bits per heavy atom. The van der Waals surface area contributed by atoms with Gasteiger partial charge in [0.05, 0.1) is 12.6 Å². The maximum absolute atomic E-state index is 10.9. The molecule has 0 fully saturated rings. The molecule has 0 bridgehead atoms. The average Bonchev–Trinajstić information content (AvgIpc) is 1.98. The summed E-state index contributed by atoms with van der Waals surface area (Å²) in [5.74, 6) is -0.0177. The molecule has 4 nitrogen and oxygen atoms in total. The molecule has 1 unspecified atom stereocenters. The maximum atomic E-state index is 10.9. The molecule has 72 valence electrons. The number of rotatable bonds is 4. The molecule has 1 atom stereocenters. The SMILES string of the molecule is CC(=O)N(C)C(CO)CN(C)C. The molecule has 0 aliphatic rings. The lowest BCUT2D eigenvalue weighted by atomic mass is 10.2. The molecule has 0 saturated heterocycles. The van der Waals surface area contributed by atoms with Gasteiger partial charge in [0.25, 0.3) is 0 Å². The molecule has 0 rings (SSSR count). The van der Waals surface area contributed by atoms with Crippen molar-refractivity contribution in [2.75, 3.05) is 34.3 Å². The van der Waals surface area contributed by atoms with Gasteiger partial charge in [-0.15, -0.1) is 0 Å². The maximum Gasteiger partial charge on any atom is 0.219 e. The Morgan fingerprint density at radius 1 is 1.42 bits per heavy atom. The van der Waals surface area contributed by atoms with Crippen LogP contribution in [-0.2, 0) is 4.79 Å². The first kappa shape index (κ1) is 11.4. The smallest absolute Gasteiger partial charge is 0.219 e. The average molecular weight is 174 g/mol. The van der Waals surface area contributed by atoms with E-state index in [1.54, 1.807) is 11.9 Å². The summed E-state index contributed by atoms with van der Waals surface area (Å²) in [5.41, 5.74) is 0. The minimum Gasteiger partial charge on any atom is -0.394 e. The summed E-state index contributed by atoms with van der Waals surface area (Å²) in [6.45, 7) is 2.19. The van der Waals surface area contributed by atoms with Crippen molar-refractivity contribution < 1.29 is 9.90 Å². The monoisotopic (exact) mass is 174 g/mol. The van der Waals surface area contributed by atoms with Crippen LogP contribution in [0.5, 0.6) is 0 Å². The van der Waals surface area contributed by atoms with Gasteiger partial charge in [-0.05, 0) is 14.1 Å². The minimum absolute atomic E-state index is 0.00819. The molecular formula is C8H18N2O2. The van der Waals surface area contributed by atoms with E-state index in [0.29, 0.717) is 6.54 Å². The molecule has 0 aromatic carbocycles. The van der Waals surface area contributed by atoms with Crippen LogP contribution in [0.2, 0.25) is 0 Å². The van der Waals surface area contributed by atoms with Crippen molar-refractivity contribution in [3.63, 3.8) is 0 Å². The molecular weight excluding hydrogens is 156 g/mol. The Kier molecular flexibility index (Phi) is 4.85. The molecule has 0 aromatic heterocycles. The first-order valence-corrected chi connectivity index (χ1v) is 3.98. The van der Waals surface area contributed by atoms with Crippen LogP contribution in [0.15, 0.2) is 0 Å². The number of carbonyl (C=O) groups excluding carboxylic acids is 1. The molecule has 0 heterocycles. The van der Waals surface area contributed by atoms with Crippen molar-refractivity contribution in [1.82, 2.24) is 9.80 Å². The molecule has 0 radical (unpaired) electrons. The Bertz CT molecular complexity index is 148. The highest BCUT2D eigenvalue weighted by Gasteiger charge is 2.16. The van der Waals surface area contributed by atoms with Crippen LogP contribution in [0.3, 0.4) is 0 Å². The largest absolute Gasteiger partial charge is 0.394 e. The fourth-order valence-corrected chi connectivity index (χ4v) is 0.981. The molecule has 0 aliphatic heterocycles. The first-order valence-electron chi connectivity index (χ1n) is 3.98. The van der Waals surface area contributed by atoms with Crippen LogP contribution >= 0.6 is 0 Å². The second kappa shape index (κ2) is 5.11. The third kappa shape index (κ3) is 3.69. The van der Waals surface area contributed by atoms with Crippen LogP contribution in [0, 0.1) is 0 Å². The van der Waals surface area contributed by atoms with Crippen molar-refractivity contribution >= 4 is 5.91 Å².